The van der Waals surface area contributed by atoms with Crippen molar-refractivity contribution in [1.29, 1.82) is 0 Å². The summed E-state index contributed by atoms with van der Waals surface area (Å²) in [6.07, 6.45) is -0.295. The Balaban J connectivity index is 1.93. The van der Waals surface area contributed by atoms with Crippen LogP contribution in [0, 0.1) is 6.92 Å². The number of aryl methyl sites for hydroxylation is 1. The van der Waals surface area contributed by atoms with Gasteiger partial charge in [0.25, 0.3) is 0 Å². The van der Waals surface area contributed by atoms with Gasteiger partial charge in [0, 0.05) is 4.90 Å². The van der Waals surface area contributed by atoms with E-state index in [1.54, 1.807) is 62.8 Å². The zero-order valence-electron chi connectivity index (χ0n) is 19.9. The Morgan fingerprint density at radius 1 is 0.857 bits per heavy atom. The lowest BCUT2D eigenvalue weighted by Crippen LogP contribution is -2.35. The second kappa shape index (κ2) is 12.0. The average Bonchev–Trinajstić information content (AvgIpc) is 2.85. The summed E-state index contributed by atoms with van der Waals surface area (Å²) in [5.41, 5.74) is 1.07. The van der Waals surface area contributed by atoms with Crippen molar-refractivity contribution in [3.63, 3.8) is 0 Å². The molecule has 186 valence electrons. The fourth-order valence-corrected chi connectivity index (χ4v) is 5.99. The van der Waals surface area contributed by atoms with Crippen LogP contribution >= 0.6 is 19.5 Å². The lowest BCUT2D eigenvalue weighted by Gasteiger charge is -2.29. The van der Waals surface area contributed by atoms with Crippen LogP contribution in [0.1, 0.15) is 12.5 Å². The summed E-state index contributed by atoms with van der Waals surface area (Å²) in [5, 5.41) is 9.71. The van der Waals surface area contributed by atoms with E-state index in [9.17, 15) is 14.5 Å². The second-order valence-electron chi connectivity index (χ2n) is 7.62. The quantitative estimate of drug-likeness (QED) is 0.226. The predicted molar refractivity (Wildman–Crippen MR) is 136 cm³/mol. The summed E-state index contributed by atoms with van der Waals surface area (Å²) in [7, 11) is -0.861. The lowest BCUT2D eigenvalue weighted by molar-refractivity contribution is -0.140. The summed E-state index contributed by atoms with van der Waals surface area (Å²) in [6.45, 7) is 3.49. The number of benzene rings is 3. The van der Waals surface area contributed by atoms with Crippen molar-refractivity contribution in [2.45, 2.75) is 24.8 Å². The molecule has 8 nitrogen and oxygen atoms in total. The number of carbonyl (C=O) groups is 1. The monoisotopic (exact) mass is 517 g/mol. The molecule has 0 aliphatic heterocycles. The van der Waals surface area contributed by atoms with Gasteiger partial charge in [-0.3, -0.25) is 4.79 Å². The molecular formula is C25H28NO7PS. The number of carboxylic acid groups (broad SMARTS) is 1. The zero-order chi connectivity index (χ0) is 25.4. The van der Waals surface area contributed by atoms with E-state index in [1.807, 2.05) is 31.2 Å². The normalized spacial score (nSPS) is 12.1. The van der Waals surface area contributed by atoms with Crippen LogP contribution in [-0.2, 0) is 9.36 Å². The minimum atomic E-state index is -3.95. The highest BCUT2D eigenvalue weighted by Crippen LogP contribution is 2.51. The molecule has 3 rings (SSSR count). The van der Waals surface area contributed by atoms with E-state index in [4.69, 9.17) is 18.5 Å². The van der Waals surface area contributed by atoms with E-state index < -0.39 is 19.6 Å². The van der Waals surface area contributed by atoms with Gasteiger partial charge in [0.1, 0.15) is 35.3 Å². The maximum atomic E-state index is 14.1. The van der Waals surface area contributed by atoms with Crippen LogP contribution in [0.2, 0.25) is 0 Å². The third kappa shape index (κ3) is 7.68. The number of nitrogens with zero attached hydrogens (tertiary/aromatic N) is 1. The molecule has 1 unspecified atom stereocenters. The molecule has 3 aromatic rings. The summed E-state index contributed by atoms with van der Waals surface area (Å²) in [4.78, 5) is 12.7. The van der Waals surface area contributed by atoms with Crippen molar-refractivity contribution in [2.24, 2.45) is 0 Å². The van der Waals surface area contributed by atoms with Gasteiger partial charge >= 0.3 is 13.6 Å². The van der Waals surface area contributed by atoms with E-state index in [-0.39, 0.29) is 6.29 Å². The van der Waals surface area contributed by atoms with Crippen molar-refractivity contribution in [3.8, 4) is 23.0 Å². The molecule has 35 heavy (non-hydrogen) atoms. The fraction of sp³-hybridized carbons (Fsp3) is 0.240. The highest BCUT2D eigenvalue weighted by molar-refractivity contribution is 7.97. The Labute approximate surface area is 209 Å². The van der Waals surface area contributed by atoms with E-state index in [2.05, 4.69) is 0 Å². The summed E-state index contributed by atoms with van der Waals surface area (Å²) in [5.74, 6) is 0.750. The van der Waals surface area contributed by atoms with Gasteiger partial charge in [-0.2, -0.15) is 0 Å². The van der Waals surface area contributed by atoms with Gasteiger partial charge in [0.15, 0.2) is 0 Å². The van der Waals surface area contributed by atoms with Crippen molar-refractivity contribution >= 4 is 25.5 Å². The first-order chi connectivity index (χ1) is 16.7. The van der Waals surface area contributed by atoms with E-state index in [0.717, 1.165) is 10.5 Å². The van der Waals surface area contributed by atoms with Crippen LogP contribution in [0.25, 0.3) is 0 Å². The number of aliphatic carboxylic acids is 1. The smallest absolute Gasteiger partial charge is 0.445 e. The number of hydrogen-bond acceptors (Lipinski definition) is 8. The van der Waals surface area contributed by atoms with E-state index in [0.29, 0.717) is 23.0 Å². The maximum Gasteiger partial charge on any atom is 0.445 e. The number of ether oxygens (including phenoxy) is 2. The standard InChI is InChI=1S/C25H28NO7PS/c1-18-5-15-24(16-6-18)35-26(19(2)25(27)28)17-34(29,32-22-11-7-20(30-3)8-12-22)33-23-13-9-21(31-4)10-14-23/h5-16,19H,17H2,1-4H3,(H,27,28). The molecule has 0 heterocycles. The Morgan fingerprint density at radius 3 is 1.69 bits per heavy atom. The van der Waals surface area contributed by atoms with Crippen LogP contribution < -0.4 is 18.5 Å². The van der Waals surface area contributed by atoms with Crippen LogP contribution in [0.5, 0.6) is 23.0 Å². The minimum Gasteiger partial charge on any atom is -0.497 e. The molecule has 0 amide bonds. The third-order valence-corrected chi connectivity index (χ3v) is 7.94. The molecule has 0 aliphatic rings. The number of hydrogen-bond donors (Lipinski definition) is 1. The van der Waals surface area contributed by atoms with Crippen molar-refractivity contribution in [1.82, 2.24) is 4.31 Å². The zero-order valence-corrected chi connectivity index (χ0v) is 21.6. The molecule has 3 aromatic carbocycles. The Hall–Kier alpha value is -3.13. The first kappa shape index (κ1) is 26.5. The number of rotatable bonds is 12. The molecule has 0 saturated carbocycles. The van der Waals surface area contributed by atoms with Crippen LogP contribution in [0.3, 0.4) is 0 Å². The fourth-order valence-electron chi connectivity index (χ4n) is 2.93. The summed E-state index contributed by atoms with van der Waals surface area (Å²) >= 11 is 1.17. The van der Waals surface area contributed by atoms with Gasteiger partial charge < -0.3 is 23.6 Å². The van der Waals surface area contributed by atoms with E-state index in [1.165, 1.54) is 23.2 Å². The molecule has 1 atom stereocenters. The van der Waals surface area contributed by atoms with Crippen LogP contribution in [0.4, 0.5) is 0 Å². The topological polar surface area (TPSA) is 94.5 Å². The highest BCUT2D eigenvalue weighted by atomic mass is 32.2. The molecule has 0 spiro atoms. The first-order valence-corrected chi connectivity index (χ1v) is 13.2. The third-order valence-electron chi connectivity index (χ3n) is 4.95. The molecule has 10 heteroatoms. The van der Waals surface area contributed by atoms with E-state index >= 15 is 0 Å². The van der Waals surface area contributed by atoms with Gasteiger partial charge in [0.05, 0.1) is 14.2 Å². The van der Waals surface area contributed by atoms with Gasteiger partial charge in [-0.25, -0.2) is 8.87 Å². The Bertz CT molecular complexity index is 1100. The predicted octanol–water partition coefficient (Wildman–Crippen LogP) is 6.10. The summed E-state index contributed by atoms with van der Waals surface area (Å²) in [6, 6.07) is 19.8. The lowest BCUT2D eigenvalue weighted by atomic mass is 10.2. The average molecular weight is 518 g/mol. The van der Waals surface area contributed by atoms with Gasteiger partial charge in [-0.15, -0.1) is 0 Å². The molecule has 0 aromatic heterocycles. The number of methoxy groups -OCH3 is 2. The minimum absolute atomic E-state index is 0.295. The Kier molecular flexibility index (Phi) is 9.09. The highest BCUT2D eigenvalue weighted by Gasteiger charge is 2.36. The SMILES string of the molecule is COc1ccc(OP(=O)(CN(Sc2ccc(C)cc2)C(C)C(=O)O)Oc2ccc(OC)cc2)cc1. The maximum absolute atomic E-state index is 14.1. The van der Waals surface area contributed by atoms with Crippen LogP contribution in [-0.4, -0.2) is 41.9 Å². The molecular weight excluding hydrogens is 489 g/mol. The largest absolute Gasteiger partial charge is 0.497 e. The molecule has 0 aliphatic carbocycles. The number of carboxylic acids is 1. The summed E-state index contributed by atoms with van der Waals surface area (Å²) < 4.78 is 37.7. The Morgan fingerprint density at radius 2 is 1.29 bits per heavy atom. The van der Waals surface area contributed by atoms with Crippen molar-refractivity contribution in [2.75, 3.05) is 20.5 Å². The van der Waals surface area contributed by atoms with Crippen molar-refractivity contribution in [3.05, 3.63) is 78.4 Å². The second-order valence-corrected chi connectivity index (χ2v) is 10.6. The molecule has 0 radical (unpaired) electrons. The van der Waals surface area contributed by atoms with Gasteiger partial charge in [0.2, 0.25) is 0 Å². The first-order valence-electron chi connectivity index (χ1n) is 10.7. The molecule has 0 fully saturated rings. The molecule has 0 saturated heterocycles. The van der Waals surface area contributed by atoms with Gasteiger partial charge in [-0.05, 0) is 86.5 Å². The molecule has 0 bridgehead atoms. The van der Waals surface area contributed by atoms with Gasteiger partial charge in [-0.1, -0.05) is 17.7 Å². The molecule has 1 N–H and O–H groups in total. The van der Waals surface area contributed by atoms with Crippen LogP contribution in [0.15, 0.2) is 77.7 Å². The van der Waals surface area contributed by atoms with Crippen molar-refractivity contribution < 1.29 is 33.0 Å².